The molecule has 0 aliphatic carbocycles. The minimum atomic E-state index is -0.377. The fourth-order valence-corrected chi connectivity index (χ4v) is 3.51. The number of aryl methyl sites for hydroxylation is 3. The highest BCUT2D eigenvalue weighted by Crippen LogP contribution is 2.28. The molecule has 3 nitrogen and oxygen atoms in total. The first-order valence-electron chi connectivity index (χ1n) is 9.82. The molecular weight excluding hydrogens is 360 g/mol. The highest BCUT2D eigenvalue weighted by molar-refractivity contribution is 5.99. The summed E-state index contributed by atoms with van der Waals surface area (Å²) in [5.41, 5.74) is 5.81. The lowest BCUT2D eigenvalue weighted by molar-refractivity contribution is -0.142. The van der Waals surface area contributed by atoms with Gasteiger partial charge in [0.25, 0.3) is 0 Å². The van der Waals surface area contributed by atoms with Crippen molar-refractivity contribution in [2.45, 2.75) is 33.1 Å². The molecule has 0 fully saturated rings. The Hall–Kier alpha value is -3.20. The van der Waals surface area contributed by atoms with E-state index in [0.717, 1.165) is 27.8 Å². The van der Waals surface area contributed by atoms with Gasteiger partial charge in [-0.3, -0.25) is 9.59 Å². The van der Waals surface area contributed by atoms with Crippen LogP contribution in [-0.2, 0) is 9.53 Å². The van der Waals surface area contributed by atoms with Crippen LogP contribution in [0.15, 0.2) is 72.8 Å². The molecule has 0 aromatic heterocycles. The summed E-state index contributed by atoms with van der Waals surface area (Å²) in [6, 6.07) is 23.6. The normalized spacial score (nSPS) is 10.8. The molecule has 0 amide bonds. The zero-order valence-corrected chi connectivity index (χ0v) is 17.1. The van der Waals surface area contributed by atoms with Gasteiger partial charge in [-0.2, -0.15) is 0 Å². The van der Waals surface area contributed by atoms with Crippen LogP contribution in [0.2, 0.25) is 0 Å². The summed E-state index contributed by atoms with van der Waals surface area (Å²) in [6.07, 6.45) is 0.188. The fraction of sp³-hybridized carbons (Fsp3) is 0.231. The van der Waals surface area contributed by atoms with Crippen LogP contribution in [0, 0.1) is 20.8 Å². The zero-order valence-electron chi connectivity index (χ0n) is 17.1. The lowest BCUT2D eigenvalue weighted by atomic mass is 9.88. The molecule has 0 saturated carbocycles. The van der Waals surface area contributed by atoms with Crippen LogP contribution in [0.25, 0.3) is 0 Å². The van der Waals surface area contributed by atoms with Crippen LogP contribution in [0.4, 0.5) is 0 Å². The number of ether oxygens (including phenoxy) is 1. The second-order valence-corrected chi connectivity index (χ2v) is 7.41. The Bertz CT molecular complexity index is 952. The number of hydrogen-bond acceptors (Lipinski definition) is 3. The van der Waals surface area contributed by atoms with Crippen molar-refractivity contribution < 1.29 is 14.3 Å². The summed E-state index contributed by atoms with van der Waals surface area (Å²) in [4.78, 5) is 25.1. The SMILES string of the molecule is Cc1cc(C)c(C(=O)COC(=O)CC(c2ccccc2)c2ccccc2)cc1C. The second-order valence-electron chi connectivity index (χ2n) is 7.41. The first kappa shape index (κ1) is 20.5. The van der Waals surface area contributed by atoms with Gasteiger partial charge >= 0.3 is 5.97 Å². The molecule has 3 rings (SSSR count). The molecule has 0 unspecified atom stereocenters. The van der Waals surface area contributed by atoms with Gasteiger partial charge < -0.3 is 4.74 Å². The van der Waals surface area contributed by atoms with Crippen LogP contribution in [0.5, 0.6) is 0 Å². The molecule has 0 aliphatic heterocycles. The summed E-state index contributed by atoms with van der Waals surface area (Å²) < 4.78 is 5.37. The van der Waals surface area contributed by atoms with Gasteiger partial charge in [-0.05, 0) is 54.7 Å². The van der Waals surface area contributed by atoms with Gasteiger partial charge in [-0.15, -0.1) is 0 Å². The average molecular weight is 386 g/mol. The molecule has 0 atom stereocenters. The van der Waals surface area contributed by atoms with E-state index >= 15 is 0 Å². The number of esters is 1. The van der Waals surface area contributed by atoms with Crippen molar-refractivity contribution in [3.8, 4) is 0 Å². The van der Waals surface area contributed by atoms with E-state index in [-0.39, 0.29) is 30.7 Å². The monoisotopic (exact) mass is 386 g/mol. The molecular formula is C26H26O3. The van der Waals surface area contributed by atoms with E-state index in [0.29, 0.717) is 5.56 Å². The Kier molecular flexibility index (Phi) is 6.61. The first-order chi connectivity index (χ1) is 14.0. The zero-order chi connectivity index (χ0) is 20.8. The topological polar surface area (TPSA) is 43.4 Å². The van der Waals surface area contributed by atoms with Crippen molar-refractivity contribution >= 4 is 11.8 Å². The van der Waals surface area contributed by atoms with E-state index in [1.165, 1.54) is 0 Å². The van der Waals surface area contributed by atoms with Gasteiger partial charge in [0.05, 0.1) is 6.42 Å². The van der Waals surface area contributed by atoms with Crippen LogP contribution >= 0.6 is 0 Å². The molecule has 3 heteroatoms. The van der Waals surface area contributed by atoms with Crippen LogP contribution in [0.3, 0.4) is 0 Å². The van der Waals surface area contributed by atoms with Crippen molar-refractivity contribution in [2.24, 2.45) is 0 Å². The minimum Gasteiger partial charge on any atom is -0.457 e. The Labute approximate surface area is 172 Å². The van der Waals surface area contributed by atoms with Crippen LogP contribution in [-0.4, -0.2) is 18.4 Å². The summed E-state index contributed by atoms with van der Waals surface area (Å²) >= 11 is 0. The maximum atomic E-state index is 12.6. The largest absolute Gasteiger partial charge is 0.457 e. The number of ketones is 1. The molecule has 0 heterocycles. The van der Waals surface area contributed by atoms with Crippen molar-refractivity contribution in [1.82, 2.24) is 0 Å². The van der Waals surface area contributed by atoms with Gasteiger partial charge in [0, 0.05) is 11.5 Å². The molecule has 148 valence electrons. The summed E-state index contributed by atoms with van der Waals surface area (Å²) in [5.74, 6) is -0.657. The van der Waals surface area contributed by atoms with Gasteiger partial charge in [0.15, 0.2) is 6.61 Å². The number of carbonyl (C=O) groups excluding carboxylic acids is 2. The van der Waals surface area contributed by atoms with Crippen molar-refractivity contribution in [1.29, 1.82) is 0 Å². The van der Waals surface area contributed by atoms with Crippen molar-refractivity contribution in [3.05, 3.63) is 106 Å². The molecule has 3 aromatic rings. The molecule has 0 bridgehead atoms. The molecule has 0 aliphatic rings. The van der Waals surface area contributed by atoms with Crippen molar-refractivity contribution in [2.75, 3.05) is 6.61 Å². The molecule has 3 aromatic carbocycles. The average Bonchev–Trinajstić information content (AvgIpc) is 2.74. The standard InChI is InChI=1S/C26H26O3/c1-18-14-20(3)23(15-19(18)2)25(27)17-29-26(28)16-24(21-10-6-4-7-11-21)22-12-8-5-9-13-22/h4-15,24H,16-17H2,1-3H3. The van der Waals surface area contributed by atoms with Gasteiger partial charge in [-0.1, -0.05) is 66.7 Å². The number of Topliss-reactive ketones (excluding diaryl/α,β-unsaturated/α-hetero) is 1. The van der Waals surface area contributed by atoms with E-state index in [1.807, 2.05) is 93.6 Å². The van der Waals surface area contributed by atoms with Crippen LogP contribution in [0.1, 0.15) is 50.5 Å². The highest BCUT2D eigenvalue weighted by Gasteiger charge is 2.20. The highest BCUT2D eigenvalue weighted by atomic mass is 16.5. The molecule has 0 saturated heterocycles. The number of carbonyl (C=O) groups is 2. The van der Waals surface area contributed by atoms with E-state index in [4.69, 9.17) is 4.74 Å². The third kappa shape index (κ3) is 5.20. The lowest BCUT2D eigenvalue weighted by Crippen LogP contribution is -2.17. The smallest absolute Gasteiger partial charge is 0.307 e. The fourth-order valence-electron chi connectivity index (χ4n) is 3.51. The maximum absolute atomic E-state index is 12.6. The van der Waals surface area contributed by atoms with E-state index in [1.54, 1.807) is 0 Å². The Morgan fingerprint density at radius 2 is 1.28 bits per heavy atom. The number of rotatable bonds is 7. The summed E-state index contributed by atoms with van der Waals surface area (Å²) in [6.45, 7) is 5.66. The third-order valence-corrected chi connectivity index (χ3v) is 5.28. The van der Waals surface area contributed by atoms with Crippen molar-refractivity contribution in [3.63, 3.8) is 0 Å². The van der Waals surface area contributed by atoms with Gasteiger partial charge in [0.2, 0.25) is 5.78 Å². The van der Waals surface area contributed by atoms with E-state index < -0.39 is 0 Å². The third-order valence-electron chi connectivity index (χ3n) is 5.28. The van der Waals surface area contributed by atoms with E-state index in [2.05, 4.69) is 0 Å². The first-order valence-corrected chi connectivity index (χ1v) is 9.82. The number of benzene rings is 3. The number of hydrogen-bond donors (Lipinski definition) is 0. The Morgan fingerprint density at radius 1 is 0.759 bits per heavy atom. The predicted octanol–water partition coefficient (Wildman–Crippen LogP) is 5.56. The van der Waals surface area contributed by atoms with E-state index in [9.17, 15) is 9.59 Å². The van der Waals surface area contributed by atoms with Gasteiger partial charge in [-0.25, -0.2) is 0 Å². The molecule has 0 N–H and O–H groups in total. The van der Waals surface area contributed by atoms with Crippen LogP contribution < -0.4 is 0 Å². The molecule has 29 heavy (non-hydrogen) atoms. The Morgan fingerprint density at radius 3 is 1.83 bits per heavy atom. The quantitative estimate of drug-likeness (QED) is 0.394. The maximum Gasteiger partial charge on any atom is 0.307 e. The predicted molar refractivity (Wildman–Crippen MR) is 115 cm³/mol. The molecule has 0 spiro atoms. The summed E-state index contributed by atoms with van der Waals surface area (Å²) in [7, 11) is 0. The van der Waals surface area contributed by atoms with Gasteiger partial charge in [0.1, 0.15) is 0 Å². The summed E-state index contributed by atoms with van der Waals surface area (Å²) in [5, 5.41) is 0. The molecule has 0 radical (unpaired) electrons. The second kappa shape index (κ2) is 9.33. The minimum absolute atomic E-state index is 0.108. The lowest BCUT2D eigenvalue weighted by Gasteiger charge is -2.17. The Balaban J connectivity index is 1.70.